The molecular weight excluding hydrogens is 500 g/mol. The van der Waals surface area contributed by atoms with Crippen molar-refractivity contribution in [2.24, 2.45) is 0 Å². The predicted molar refractivity (Wildman–Crippen MR) is 158 cm³/mol. The fraction of sp³-hybridized carbons (Fsp3) is 0.265. The Kier molecular flexibility index (Phi) is 9.46. The van der Waals surface area contributed by atoms with Crippen LogP contribution in [0.3, 0.4) is 0 Å². The zero-order valence-corrected chi connectivity index (χ0v) is 22.6. The number of rotatable bonds is 10. The molecule has 1 aliphatic rings. The van der Waals surface area contributed by atoms with Crippen molar-refractivity contribution in [2.45, 2.75) is 44.4 Å². The lowest BCUT2D eigenvalue weighted by Gasteiger charge is -2.33. The molecule has 5 rings (SSSR count). The Balaban J connectivity index is 1.28. The van der Waals surface area contributed by atoms with Crippen molar-refractivity contribution in [3.63, 3.8) is 0 Å². The van der Waals surface area contributed by atoms with Crippen molar-refractivity contribution in [1.82, 2.24) is 4.90 Å². The van der Waals surface area contributed by atoms with Crippen LogP contribution in [0.1, 0.15) is 29.5 Å². The van der Waals surface area contributed by atoms with Crippen molar-refractivity contribution in [3.8, 4) is 11.5 Å². The van der Waals surface area contributed by atoms with Crippen LogP contribution in [-0.2, 0) is 19.4 Å². The van der Waals surface area contributed by atoms with E-state index in [0.717, 1.165) is 38.0 Å². The molecule has 2 N–H and O–H groups in total. The highest BCUT2D eigenvalue weighted by atomic mass is 16.6. The number of carbonyl (C=O) groups is 1. The van der Waals surface area contributed by atoms with Gasteiger partial charge in [-0.1, -0.05) is 72.8 Å². The van der Waals surface area contributed by atoms with Gasteiger partial charge in [0.2, 0.25) is 0 Å². The van der Waals surface area contributed by atoms with Crippen LogP contribution in [0.5, 0.6) is 11.5 Å². The van der Waals surface area contributed by atoms with E-state index in [1.165, 1.54) is 16.7 Å². The summed E-state index contributed by atoms with van der Waals surface area (Å²) in [7, 11) is 0. The lowest BCUT2D eigenvalue weighted by Crippen LogP contribution is -2.42. The van der Waals surface area contributed by atoms with Crippen molar-refractivity contribution < 1.29 is 19.4 Å². The maximum atomic E-state index is 12.5. The Morgan fingerprint density at radius 2 is 1.55 bits per heavy atom. The number of ether oxygens (including phenoxy) is 2. The number of para-hydroxylation sites is 2. The molecule has 6 heteroatoms. The van der Waals surface area contributed by atoms with Gasteiger partial charge in [-0.25, -0.2) is 4.79 Å². The molecule has 0 saturated heterocycles. The van der Waals surface area contributed by atoms with Crippen LogP contribution in [0, 0.1) is 0 Å². The molecule has 4 aromatic rings. The van der Waals surface area contributed by atoms with E-state index in [4.69, 9.17) is 9.47 Å². The third-order valence-corrected chi connectivity index (χ3v) is 7.22. The number of fused-ring (bicyclic) bond motifs is 1. The SMILES string of the molecule is O=C(Nc1ccc2c(c1)CC(N(Cc1ccccc1)C[C@H](O)COc1ccccc1)CCC2)Oc1ccccc1. The van der Waals surface area contributed by atoms with Gasteiger partial charge in [-0.2, -0.15) is 0 Å². The first-order chi connectivity index (χ1) is 19.6. The van der Waals surface area contributed by atoms with Gasteiger partial charge in [0.25, 0.3) is 0 Å². The van der Waals surface area contributed by atoms with Gasteiger partial charge in [0.15, 0.2) is 0 Å². The van der Waals surface area contributed by atoms with Crippen molar-refractivity contribution in [2.75, 3.05) is 18.5 Å². The summed E-state index contributed by atoms with van der Waals surface area (Å²) < 4.78 is 11.3. The standard InChI is InChI=1S/C34H36N2O4/c37-31(25-39-32-15-6-2-7-16-32)24-36(23-26-11-4-1-5-12-26)30-14-10-13-27-19-20-29(21-28(27)22-30)35-34(38)40-33-17-8-3-9-18-33/h1-9,11-12,15-21,30-31,37H,10,13-14,22-25H2,(H,35,38)/t30?,31-/m0/s1. The molecule has 0 radical (unpaired) electrons. The highest BCUT2D eigenvalue weighted by Crippen LogP contribution is 2.28. The molecule has 206 valence electrons. The lowest BCUT2D eigenvalue weighted by atomic mass is 9.99. The Morgan fingerprint density at radius 1 is 0.875 bits per heavy atom. The number of hydrogen-bond acceptors (Lipinski definition) is 5. The molecule has 0 saturated carbocycles. The Bertz CT molecular complexity index is 1350. The van der Waals surface area contributed by atoms with E-state index in [0.29, 0.717) is 18.0 Å². The Morgan fingerprint density at radius 3 is 2.27 bits per heavy atom. The molecule has 0 spiro atoms. The first-order valence-corrected chi connectivity index (χ1v) is 13.9. The molecule has 0 bridgehead atoms. The number of benzene rings is 4. The second-order valence-electron chi connectivity index (χ2n) is 10.3. The number of amides is 1. The molecule has 1 unspecified atom stereocenters. The van der Waals surface area contributed by atoms with E-state index in [2.05, 4.69) is 46.6 Å². The van der Waals surface area contributed by atoms with Crippen LogP contribution >= 0.6 is 0 Å². The topological polar surface area (TPSA) is 71.0 Å². The van der Waals surface area contributed by atoms with E-state index in [1.807, 2.05) is 60.7 Å². The summed E-state index contributed by atoms with van der Waals surface area (Å²) in [6, 6.07) is 35.4. The third kappa shape index (κ3) is 7.94. The van der Waals surface area contributed by atoms with Gasteiger partial charge in [-0.15, -0.1) is 0 Å². The molecule has 2 atom stereocenters. The number of aryl methyl sites for hydroxylation is 1. The van der Waals surface area contributed by atoms with E-state index in [-0.39, 0.29) is 12.6 Å². The van der Waals surface area contributed by atoms with E-state index < -0.39 is 12.2 Å². The number of aliphatic hydroxyl groups excluding tert-OH is 1. The van der Waals surface area contributed by atoms with Gasteiger partial charge in [0.1, 0.15) is 24.2 Å². The molecule has 0 aliphatic heterocycles. The maximum absolute atomic E-state index is 12.5. The number of anilines is 1. The monoisotopic (exact) mass is 536 g/mol. The van der Waals surface area contributed by atoms with E-state index in [9.17, 15) is 9.90 Å². The van der Waals surface area contributed by atoms with Gasteiger partial charge in [-0.3, -0.25) is 10.2 Å². The van der Waals surface area contributed by atoms with Crippen LogP contribution in [0.2, 0.25) is 0 Å². The second kappa shape index (κ2) is 13.8. The van der Waals surface area contributed by atoms with Gasteiger partial charge in [0.05, 0.1) is 0 Å². The Labute approximate surface area is 236 Å². The third-order valence-electron chi connectivity index (χ3n) is 7.22. The van der Waals surface area contributed by atoms with Crippen molar-refractivity contribution in [1.29, 1.82) is 0 Å². The summed E-state index contributed by atoms with van der Waals surface area (Å²) in [6.07, 6.45) is 2.75. The van der Waals surface area contributed by atoms with Crippen LogP contribution in [0.15, 0.2) is 109 Å². The van der Waals surface area contributed by atoms with Gasteiger partial charge >= 0.3 is 6.09 Å². The van der Waals surface area contributed by atoms with E-state index >= 15 is 0 Å². The zero-order valence-electron chi connectivity index (χ0n) is 22.6. The number of aliphatic hydroxyl groups is 1. The lowest BCUT2D eigenvalue weighted by molar-refractivity contribution is 0.0463. The second-order valence-corrected chi connectivity index (χ2v) is 10.3. The van der Waals surface area contributed by atoms with Gasteiger partial charge in [0, 0.05) is 24.8 Å². The molecule has 6 nitrogen and oxygen atoms in total. The molecule has 4 aromatic carbocycles. The first-order valence-electron chi connectivity index (χ1n) is 13.9. The normalized spacial score (nSPS) is 15.5. The molecule has 1 aliphatic carbocycles. The number of nitrogens with one attached hydrogen (secondary N) is 1. The smallest absolute Gasteiger partial charge is 0.417 e. The summed E-state index contributed by atoms with van der Waals surface area (Å²) in [5.41, 5.74) is 4.44. The summed E-state index contributed by atoms with van der Waals surface area (Å²) in [4.78, 5) is 14.9. The first kappa shape index (κ1) is 27.4. The quantitative estimate of drug-likeness (QED) is 0.227. The maximum Gasteiger partial charge on any atom is 0.417 e. The average molecular weight is 537 g/mol. The highest BCUT2D eigenvalue weighted by molar-refractivity contribution is 5.86. The summed E-state index contributed by atoms with van der Waals surface area (Å²) >= 11 is 0. The van der Waals surface area contributed by atoms with Crippen LogP contribution in [0.25, 0.3) is 0 Å². The molecular formula is C34H36N2O4. The number of carbonyl (C=O) groups excluding carboxylic acids is 1. The molecule has 0 heterocycles. The van der Waals surface area contributed by atoms with Gasteiger partial charge < -0.3 is 14.6 Å². The minimum absolute atomic E-state index is 0.232. The highest BCUT2D eigenvalue weighted by Gasteiger charge is 2.25. The van der Waals surface area contributed by atoms with Crippen molar-refractivity contribution >= 4 is 11.8 Å². The number of nitrogens with zero attached hydrogens (tertiary/aromatic N) is 1. The van der Waals surface area contributed by atoms with Gasteiger partial charge in [-0.05, 0) is 78.8 Å². The minimum Gasteiger partial charge on any atom is -0.491 e. The summed E-state index contributed by atoms with van der Waals surface area (Å²) in [5.74, 6) is 1.26. The zero-order chi connectivity index (χ0) is 27.6. The Hall–Kier alpha value is -4.13. The largest absolute Gasteiger partial charge is 0.491 e. The van der Waals surface area contributed by atoms with E-state index in [1.54, 1.807) is 12.1 Å². The molecule has 40 heavy (non-hydrogen) atoms. The number of hydrogen-bond donors (Lipinski definition) is 2. The predicted octanol–water partition coefficient (Wildman–Crippen LogP) is 6.49. The average Bonchev–Trinajstić information content (AvgIpc) is 3.19. The fourth-order valence-electron chi connectivity index (χ4n) is 5.27. The molecule has 0 fully saturated rings. The summed E-state index contributed by atoms with van der Waals surface area (Å²) in [5, 5.41) is 13.9. The van der Waals surface area contributed by atoms with Crippen molar-refractivity contribution in [3.05, 3.63) is 126 Å². The molecule has 0 aromatic heterocycles. The van der Waals surface area contributed by atoms with Crippen LogP contribution in [0.4, 0.5) is 10.5 Å². The summed E-state index contributed by atoms with van der Waals surface area (Å²) in [6.45, 7) is 1.48. The van der Waals surface area contributed by atoms with Crippen LogP contribution < -0.4 is 14.8 Å². The molecule has 1 amide bonds. The van der Waals surface area contributed by atoms with Crippen LogP contribution in [-0.4, -0.2) is 41.4 Å². The minimum atomic E-state index is -0.632. The fourth-order valence-corrected chi connectivity index (χ4v) is 5.27.